The van der Waals surface area contributed by atoms with E-state index in [0.717, 1.165) is 0 Å². The lowest BCUT2D eigenvalue weighted by molar-refractivity contribution is 0.590. The predicted octanol–water partition coefficient (Wildman–Crippen LogP) is 12.4. The molecule has 0 spiro atoms. The van der Waals surface area contributed by atoms with Crippen LogP contribution in [0.4, 0.5) is 0 Å². The summed E-state index contributed by atoms with van der Waals surface area (Å²) in [6.07, 6.45) is 0. The van der Waals surface area contributed by atoms with Crippen LogP contribution in [0.15, 0.2) is 147 Å². The van der Waals surface area contributed by atoms with Crippen molar-refractivity contribution in [3.05, 3.63) is 133 Å². The summed E-state index contributed by atoms with van der Waals surface area (Å²) in [6.45, 7) is 6.95. The molecule has 0 amide bonds. The Balaban J connectivity index is 1.35. The molecule has 0 saturated carbocycles. The molecule has 7 aromatic carbocycles. The van der Waals surface area contributed by atoms with Gasteiger partial charge >= 0.3 is 0 Å². The van der Waals surface area contributed by atoms with Gasteiger partial charge in [-0.2, -0.15) is 0 Å². The van der Waals surface area contributed by atoms with Crippen LogP contribution in [0, 0.1) is 0 Å². The highest BCUT2D eigenvalue weighted by molar-refractivity contribution is 8.05. The molecule has 0 N–H and O–H groups in total. The maximum absolute atomic E-state index is 2.41. The Hall–Kier alpha value is -3.98. The average Bonchev–Trinajstić information content (AvgIpc) is 3.03. The molecule has 0 unspecified atom stereocenters. The van der Waals surface area contributed by atoms with Gasteiger partial charge in [0.2, 0.25) is 0 Å². The summed E-state index contributed by atoms with van der Waals surface area (Å²) in [6, 6.07) is 47.5. The van der Waals surface area contributed by atoms with E-state index in [1.165, 1.54) is 79.7 Å². The number of benzene rings is 7. The van der Waals surface area contributed by atoms with Crippen LogP contribution in [0.1, 0.15) is 26.3 Å². The minimum absolute atomic E-state index is 0.0217. The van der Waals surface area contributed by atoms with E-state index >= 15 is 0 Å². The van der Waals surface area contributed by atoms with E-state index in [1.54, 1.807) is 0 Å². The van der Waals surface area contributed by atoms with Crippen molar-refractivity contribution in [2.45, 2.75) is 45.8 Å². The first-order valence-electron chi connectivity index (χ1n) is 14.5. The molecule has 7 aromatic rings. The summed E-state index contributed by atoms with van der Waals surface area (Å²) in [5.74, 6) is 0. The van der Waals surface area contributed by atoms with Crippen LogP contribution in [0.2, 0.25) is 0 Å². The third kappa shape index (κ3) is 4.24. The fourth-order valence-corrected chi connectivity index (χ4v) is 8.65. The normalized spacial score (nSPS) is 12.9. The van der Waals surface area contributed by atoms with Crippen LogP contribution in [0.3, 0.4) is 0 Å². The summed E-state index contributed by atoms with van der Waals surface area (Å²) in [4.78, 5) is 5.37. The Kier molecular flexibility index (Phi) is 6.00. The van der Waals surface area contributed by atoms with Gasteiger partial charge in [0.25, 0.3) is 0 Å². The van der Waals surface area contributed by atoms with Gasteiger partial charge in [-0.05, 0) is 95.9 Å². The monoisotopic (exact) mass is 574 g/mol. The molecule has 0 aromatic heterocycles. The molecular weight excluding hydrogens is 545 g/mol. The van der Waals surface area contributed by atoms with Gasteiger partial charge in [-0.15, -0.1) is 0 Å². The van der Waals surface area contributed by atoms with Crippen LogP contribution >= 0.6 is 23.5 Å². The topological polar surface area (TPSA) is 0 Å². The van der Waals surface area contributed by atoms with E-state index in [4.69, 9.17) is 0 Å². The van der Waals surface area contributed by atoms with E-state index in [0.29, 0.717) is 0 Å². The number of hydrogen-bond acceptors (Lipinski definition) is 2. The first kappa shape index (κ1) is 25.7. The second-order valence-corrected chi connectivity index (χ2v) is 14.3. The van der Waals surface area contributed by atoms with Gasteiger partial charge in [0.15, 0.2) is 0 Å². The third-order valence-corrected chi connectivity index (χ3v) is 11.1. The van der Waals surface area contributed by atoms with Crippen LogP contribution in [-0.2, 0) is 5.41 Å². The number of fused-ring (bicyclic) bond motifs is 8. The van der Waals surface area contributed by atoms with Gasteiger partial charge < -0.3 is 0 Å². The van der Waals surface area contributed by atoms with Gasteiger partial charge in [-0.25, -0.2) is 0 Å². The van der Waals surface area contributed by atoms with E-state index in [9.17, 15) is 0 Å². The second kappa shape index (κ2) is 9.80. The van der Waals surface area contributed by atoms with Crippen molar-refractivity contribution in [1.82, 2.24) is 0 Å². The van der Waals surface area contributed by atoms with E-state index in [2.05, 4.69) is 148 Å². The molecule has 0 bridgehead atoms. The first-order chi connectivity index (χ1) is 20.4. The van der Waals surface area contributed by atoms with Crippen molar-refractivity contribution in [3.8, 4) is 22.3 Å². The second-order valence-electron chi connectivity index (χ2n) is 12.2. The number of rotatable bonds is 2. The smallest absolute Gasteiger partial charge is 0.0340 e. The minimum atomic E-state index is 0.0217. The maximum atomic E-state index is 2.41. The Bertz CT molecular complexity index is 2150. The summed E-state index contributed by atoms with van der Waals surface area (Å²) in [7, 11) is 0. The standard InChI is InChI=1S/C40H30S2/c1-40(2,3)28-22-26(21-27(23-28)29-15-10-18-38-39(29)42-37-17-9-8-16-36(37)41-38)25-19-20-34-32-13-5-4-11-30(32)31-12-6-7-14-33(31)35(34)24-25/h4-24H,1-3H3. The molecule has 1 aliphatic rings. The molecule has 1 aliphatic heterocycles. The molecule has 0 saturated heterocycles. The summed E-state index contributed by atoms with van der Waals surface area (Å²) in [5.41, 5.74) is 6.49. The molecule has 8 rings (SSSR count). The molecule has 202 valence electrons. The van der Waals surface area contributed by atoms with Crippen molar-refractivity contribution in [2.75, 3.05) is 0 Å². The predicted molar refractivity (Wildman–Crippen MR) is 183 cm³/mol. The zero-order chi connectivity index (χ0) is 28.4. The summed E-state index contributed by atoms with van der Waals surface area (Å²) >= 11 is 3.79. The molecule has 2 heteroatoms. The SMILES string of the molecule is CC(C)(C)c1cc(-c2ccc3c4ccccc4c4ccccc4c3c2)cc(-c2cccc3c2Sc2ccccc2S3)c1. The van der Waals surface area contributed by atoms with Gasteiger partial charge in [-0.3, -0.25) is 0 Å². The Labute approximate surface area is 255 Å². The molecule has 42 heavy (non-hydrogen) atoms. The van der Waals surface area contributed by atoms with E-state index in [-0.39, 0.29) is 5.41 Å². The van der Waals surface area contributed by atoms with Gasteiger partial charge in [0.1, 0.15) is 0 Å². The maximum Gasteiger partial charge on any atom is 0.0340 e. The lowest BCUT2D eigenvalue weighted by Gasteiger charge is -2.24. The number of hydrogen-bond donors (Lipinski definition) is 0. The van der Waals surface area contributed by atoms with Gasteiger partial charge in [-0.1, -0.05) is 141 Å². The van der Waals surface area contributed by atoms with Crippen LogP contribution in [0.5, 0.6) is 0 Å². The molecule has 0 aliphatic carbocycles. The molecule has 0 radical (unpaired) electrons. The Morgan fingerprint density at radius 1 is 0.405 bits per heavy atom. The quantitative estimate of drug-likeness (QED) is 0.188. The van der Waals surface area contributed by atoms with E-state index in [1.807, 2.05) is 23.5 Å². The molecule has 1 heterocycles. The highest BCUT2D eigenvalue weighted by atomic mass is 32.2. The summed E-state index contributed by atoms with van der Waals surface area (Å²) in [5, 5.41) is 7.87. The van der Waals surface area contributed by atoms with Gasteiger partial charge in [0, 0.05) is 19.6 Å². The fourth-order valence-electron chi connectivity index (χ4n) is 6.25. The first-order valence-corrected chi connectivity index (χ1v) is 16.1. The zero-order valence-corrected chi connectivity index (χ0v) is 25.6. The Morgan fingerprint density at radius 3 is 1.62 bits per heavy atom. The van der Waals surface area contributed by atoms with Gasteiger partial charge in [0.05, 0.1) is 0 Å². The molecule has 0 nitrogen and oxygen atoms in total. The van der Waals surface area contributed by atoms with Crippen molar-refractivity contribution < 1.29 is 0 Å². The average molecular weight is 575 g/mol. The minimum Gasteiger partial charge on any atom is -0.0877 e. The Morgan fingerprint density at radius 2 is 0.952 bits per heavy atom. The van der Waals surface area contributed by atoms with Crippen molar-refractivity contribution in [1.29, 1.82) is 0 Å². The van der Waals surface area contributed by atoms with Crippen LogP contribution < -0.4 is 0 Å². The van der Waals surface area contributed by atoms with Crippen molar-refractivity contribution in [2.24, 2.45) is 0 Å². The lowest BCUT2D eigenvalue weighted by Crippen LogP contribution is -2.11. The highest BCUT2D eigenvalue weighted by Crippen LogP contribution is 2.52. The highest BCUT2D eigenvalue weighted by Gasteiger charge is 2.22. The third-order valence-electron chi connectivity index (χ3n) is 8.45. The van der Waals surface area contributed by atoms with E-state index < -0.39 is 0 Å². The lowest BCUT2D eigenvalue weighted by atomic mass is 9.83. The van der Waals surface area contributed by atoms with Crippen molar-refractivity contribution >= 4 is 55.8 Å². The van der Waals surface area contributed by atoms with Crippen LogP contribution in [-0.4, -0.2) is 0 Å². The molecule has 0 atom stereocenters. The van der Waals surface area contributed by atoms with Crippen molar-refractivity contribution in [3.63, 3.8) is 0 Å². The molecule has 0 fully saturated rings. The summed E-state index contributed by atoms with van der Waals surface area (Å²) < 4.78 is 0. The fraction of sp³-hybridized carbons (Fsp3) is 0.100. The zero-order valence-electron chi connectivity index (χ0n) is 23.9. The van der Waals surface area contributed by atoms with Crippen LogP contribution in [0.25, 0.3) is 54.6 Å². The largest absolute Gasteiger partial charge is 0.0877 e. The molecular formula is C40H30S2.